The van der Waals surface area contributed by atoms with Crippen LogP contribution in [0.5, 0.6) is 0 Å². The summed E-state index contributed by atoms with van der Waals surface area (Å²) < 4.78 is 2.01. The summed E-state index contributed by atoms with van der Waals surface area (Å²) in [4.78, 5) is 16.9. The molecule has 0 radical (unpaired) electrons. The van der Waals surface area contributed by atoms with E-state index in [0.29, 0.717) is 22.0 Å². The number of amides is 1. The van der Waals surface area contributed by atoms with Crippen LogP contribution < -0.4 is 5.32 Å². The molecule has 0 bridgehead atoms. The van der Waals surface area contributed by atoms with E-state index in [9.17, 15) is 4.79 Å². The Kier molecular flexibility index (Phi) is 5.99. The summed E-state index contributed by atoms with van der Waals surface area (Å²) in [7, 11) is 1.97. The highest BCUT2D eigenvalue weighted by Crippen LogP contribution is 2.54. The first-order valence-electron chi connectivity index (χ1n) is 10.2. The molecule has 2 atom stereocenters. The topological polar surface area (TPSA) is 72.7 Å². The van der Waals surface area contributed by atoms with Gasteiger partial charge in [0.15, 0.2) is 10.3 Å². The number of hydrogen-bond acceptors (Lipinski definition) is 6. The number of anilines is 1. The largest absolute Gasteiger partial charge is 0.309 e. The molecule has 6 nitrogen and oxygen atoms in total. The van der Waals surface area contributed by atoms with Crippen molar-refractivity contribution in [3.63, 3.8) is 0 Å². The SMILES string of the molecule is Cn1c(SCC(=O)Nc2nc(-c3ccc(Cl)cc3)cs2)nnc1C1CC1c1ccccc1. The van der Waals surface area contributed by atoms with E-state index in [1.165, 1.54) is 28.7 Å². The molecule has 1 aliphatic rings. The number of thioether (sulfide) groups is 1. The van der Waals surface area contributed by atoms with E-state index in [2.05, 4.69) is 44.8 Å². The van der Waals surface area contributed by atoms with Crippen LogP contribution in [-0.2, 0) is 11.8 Å². The molecule has 1 aliphatic carbocycles. The molecule has 1 N–H and O–H groups in total. The van der Waals surface area contributed by atoms with Crippen LogP contribution >= 0.6 is 34.7 Å². The molecule has 4 aromatic rings. The molecule has 162 valence electrons. The maximum absolute atomic E-state index is 12.4. The van der Waals surface area contributed by atoms with Crippen molar-refractivity contribution in [3.05, 3.63) is 76.4 Å². The Morgan fingerprint density at radius 3 is 2.72 bits per heavy atom. The van der Waals surface area contributed by atoms with E-state index in [1.807, 2.05) is 47.3 Å². The first-order valence-corrected chi connectivity index (χ1v) is 12.4. The fraction of sp³-hybridized carbons (Fsp3) is 0.217. The van der Waals surface area contributed by atoms with Gasteiger partial charge in [-0.15, -0.1) is 21.5 Å². The highest BCUT2D eigenvalue weighted by molar-refractivity contribution is 7.99. The van der Waals surface area contributed by atoms with E-state index < -0.39 is 0 Å². The average Bonchev–Trinajstić information content (AvgIpc) is 3.31. The van der Waals surface area contributed by atoms with Crippen LogP contribution in [0.25, 0.3) is 11.3 Å². The van der Waals surface area contributed by atoms with E-state index in [4.69, 9.17) is 11.6 Å². The lowest BCUT2D eigenvalue weighted by Crippen LogP contribution is -2.14. The number of aromatic nitrogens is 4. The van der Waals surface area contributed by atoms with Crippen LogP contribution in [0.2, 0.25) is 5.02 Å². The Hall–Kier alpha value is -2.68. The van der Waals surface area contributed by atoms with Gasteiger partial charge in [-0.25, -0.2) is 4.98 Å². The number of halogens is 1. The molecule has 1 saturated carbocycles. The fourth-order valence-corrected chi connectivity index (χ4v) is 5.27. The number of hydrogen-bond donors (Lipinski definition) is 1. The number of benzene rings is 2. The van der Waals surface area contributed by atoms with Crippen molar-refractivity contribution < 1.29 is 4.79 Å². The quantitative estimate of drug-likeness (QED) is 0.348. The third-order valence-corrected chi connectivity index (χ3v) is 7.47. The van der Waals surface area contributed by atoms with Crippen LogP contribution in [0.1, 0.15) is 29.6 Å². The third kappa shape index (κ3) is 4.57. The molecule has 2 heterocycles. The summed E-state index contributed by atoms with van der Waals surface area (Å²) in [5.74, 6) is 1.99. The van der Waals surface area contributed by atoms with Gasteiger partial charge < -0.3 is 9.88 Å². The molecule has 1 amide bonds. The highest BCUT2D eigenvalue weighted by atomic mass is 35.5. The number of thiazole rings is 1. The maximum Gasteiger partial charge on any atom is 0.236 e. The first kappa shape index (κ1) is 21.2. The van der Waals surface area contributed by atoms with E-state index in [1.54, 1.807) is 0 Å². The minimum absolute atomic E-state index is 0.120. The van der Waals surface area contributed by atoms with Crippen molar-refractivity contribution in [2.75, 3.05) is 11.1 Å². The van der Waals surface area contributed by atoms with Crippen molar-refractivity contribution in [2.24, 2.45) is 7.05 Å². The smallest absolute Gasteiger partial charge is 0.236 e. The number of nitrogens with zero attached hydrogens (tertiary/aromatic N) is 4. The van der Waals surface area contributed by atoms with Gasteiger partial charge in [0.05, 0.1) is 11.4 Å². The summed E-state index contributed by atoms with van der Waals surface area (Å²) in [6.45, 7) is 0. The first-order chi connectivity index (χ1) is 15.6. The maximum atomic E-state index is 12.4. The van der Waals surface area contributed by atoms with Crippen LogP contribution in [-0.4, -0.2) is 31.4 Å². The lowest BCUT2D eigenvalue weighted by Gasteiger charge is -2.04. The zero-order valence-corrected chi connectivity index (χ0v) is 19.6. The van der Waals surface area contributed by atoms with Gasteiger partial charge in [0.1, 0.15) is 5.82 Å². The predicted molar refractivity (Wildman–Crippen MR) is 129 cm³/mol. The Bertz CT molecular complexity index is 1240. The third-order valence-electron chi connectivity index (χ3n) is 5.44. The molecule has 9 heteroatoms. The zero-order valence-electron chi connectivity index (χ0n) is 17.2. The van der Waals surface area contributed by atoms with Crippen molar-refractivity contribution in [1.82, 2.24) is 19.7 Å². The molecule has 0 aliphatic heterocycles. The monoisotopic (exact) mass is 481 g/mol. The Labute approximate surface area is 199 Å². The standard InChI is InChI=1S/C23H20ClN5OS2/c1-29-21(18-11-17(18)14-5-3-2-4-6-14)27-28-23(29)32-13-20(30)26-22-25-19(12-31-22)15-7-9-16(24)10-8-15/h2-10,12,17-18H,11,13H2,1H3,(H,25,26,30). The minimum Gasteiger partial charge on any atom is -0.309 e. The number of carbonyl (C=O) groups is 1. The molecule has 2 aromatic heterocycles. The second-order valence-electron chi connectivity index (χ2n) is 7.64. The number of carbonyl (C=O) groups excluding carboxylic acids is 1. The van der Waals surface area contributed by atoms with E-state index in [-0.39, 0.29) is 11.7 Å². The van der Waals surface area contributed by atoms with Gasteiger partial charge in [0, 0.05) is 28.9 Å². The van der Waals surface area contributed by atoms with Crippen molar-refractivity contribution in [3.8, 4) is 11.3 Å². The second kappa shape index (κ2) is 9.05. The van der Waals surface area contributed by atoms with Gasteiger partial charge >= 0.3 is 0 Å². The predicted octanol–water partition coefficient (Wildman–Crippen LogP) is 5.59. The zero-order chi connectivity index (χ0) is 22.1. The van der Waals surface area contributed by atoms with Crippen LogP contribution in [0.3, 0.4) is 0 Å². The van der Waals surface area contributed by atoms with Crippen LogP contribution in [0, 0.1) is 0 Å². The van der Waals surface area contributed by atoms with Gasteiger partial charge in [-0.3, -0.25) is 4.79 Å². The summed E-state index contributed by atoms with van der Waals surface area (Å²) in [5, 5.41) is 15.5. The molecule has 32 heavy (non-hydrogen) atoms. The van der Waals surface area contributed by atoms with Crippen molar-refractivity contribution in [1.29, 1.82) is 0 Å². The lowest BCUT2D eigenvalue weighted by atomic mass is 10.1. The molecular formula is C23H20ClN5OS2. The van der Waals surface area contributed by atoms with Gasteiger partial charge in [-0.1, -0.05) is 65.8 Å². The number of nitrogens with one attached hydrogen (secondary N) is 1. The molecular weight excluding hydrogens is 462 g/mol. The van der Waals surface area contributed by atoms with Crippen LogP contribution in [0.15, 0.2) is 65.1 Å². The second-order valence-corrected chi connectivity index (χ2v) is 9.88. The minimum atomic E-state index is -0.120. The molecule has 2 aromatic carbocycles. The summed E-state index contributed by atoms with van der Waals surface area (Å²) >= 11 is 8.72. The van der Waals surface area contributed by atoms with Crippen molar-refractivity contribution >= 4 is 45.7 Å². The summed E-state index contributed by atoms with van der Waals surface area (Å²) in [6, 6.07) is 18.0. The van der Waals surface area contributed by atoms with Crippen LogP contribution in [0.4, 0.5) is 5.13 Å². The Morgan fingerprint density at radius 1 is 1.16 bits per heavy atom. The fourth-order valence-electron chi connectivity index (χ4n) is 3.69. The Balaban J connectivity index is 1.16. The number of rotatable bonds is 7. The molecule has 2 unspecified atom stereocenters. The summed E-state index contributed by atoms with van der Waals surface area (Å²) in [5.41, 5.74) is 3.11. The van der Waals surface area contributed by atoms with E-state index >= 15 is 0 Å². The average molecular weight is 482 g/mol. The van der Waals surface area contributed by atoms with Gasteiger partial charge in [-0.2, -0.15) is 0 Å². The lowest BCUT2D eigenvalue weighted by molar-refractivity contribution is -0.113. The molecule has 1 fully saturated rings. The van der Waals surface area contributed by atoms with Gasteiger partial charge in [0.25, 0.3) is 0 Å². The van der Waals surface area contributed by atoms with Crippen molar-refractivity contribution in [2.45, 2.75) is 23.4 Å². The molecule has 0 spiro atoms. The highest BCUT2D eigenvalue weighted by Gasteiger charge is 2.42. The van der Waals surface area contributed by atoms with E-state index in [0.717, 1.165) is 28.7 Å². The normalized spacial score (nSPS) is 17.3. The molecule has 0 saturated heterocycles. The van der Waals surface area contributed by atoms with Gasteiger partial charge in [-0.05, 0) is 30.0 Å². The Morgan fingerprint density at radius 2 is 1.94 bits per heavy atom. The molecule has 5 rings (SSSR count). The van der Waals surface area contributed by atoms with Gasteiger partial charge in [0.2, 0.25) is 5.91 Å². The summed E-state index contributed by atoms with van der Waals surface area (Å²) in [6.07, 6.45) is 1.08.